The fourth-order valence-corrected chi connectivity index (χ4v) is 3.00. The van der Waals surface area contributed by atoms with E-state index >= 15 is 0 Å². The van der Waals surface area contributed by atoms with Gasteiger partial charge in [-0.05, 0) is 59.9 Å². The predicted molar refractivity (Wildman–Crippen MR) is 95.2 cm³/mol. The van der Waals surface area contributed by atoms with E-state index in [-0.39, 0.29) is 5.41 Å². The second kappa shape index (κ2) is 4.88. The van der Waals surface area contributed by atoms with E-state index < -0.39 is 0 Å². The van der Waals surface area contributed by atoms with E-state index in [1.807, 2.05) is 0 Å². The van der Waals surface area contributed by atoms with E-state index in [1.54, 1.807) is 0 Å². The van der Waals surface area contributed by atoms with Crippen molar-refractivity contribution in [3.05, 3.63) is 47.2 Å². The number of pyridine rings is 1. The first-order valence-corrected chi connectivity index (χ1v) is 8.06. The van der Waals surface area contributed by atoms with Crippen LogP contribution in [0.15, 0.2) is 24.8 Å². The van der Waals surface area contributed by atoms with Crippen molar-refractivity contribution in [2.75, 3.05) is 0 Å². The van der Waals surface area contributed by atoms with Crippen LogP contribution in [0.4, 0.5) is 0 Å². The van der Waals surface area contributed by atoms with E-state index in [4.69, 9.17) is 4.98 Å². The molecule has 0 saturated heterocycles. The summed E-state index contributed by atoms with van der Waals surface area (Å²) in [4.78, 5) is 5.57. The number of aryl methyl sites for hydroxylation is 1. The number of hydrogen-bond donors (Lipinski definition) is 1. The average molecular weight is 297 g/mol. The molecule has 0 atom stereocenters. The number of rotatable bonds is 2. The number of thiol groups is 1. The maximum Gasteiger partial charge on any atom is 0.0767 e. The van der Waals surface area contributed by atoms with Crippen LogP contribution in [0.1, 0.15) is 61.9 Å². The van der Waals surface area contributed by atoms with E-state index in [1.165, 1.54) is 34.9 Å². The predicted octanol–water partition coefficient (Wildman–Crippen LogP) is 5.62. The highest BCUT2D eigenvalue weighted by Crippen LogP contribution is 2.43. The Morgan fingerprint density at radius 3 is 2.43 bits per heavy atom. The molecule has 0 aliphatic heterocycles. The summed E-state index contributed by atoms with van der Waals surface area (Å²) in [5, 5.41) is 1.28. The standard InChI is InChI=1S/C19H23NS/c1-11-8-17(12(2)21)20-18-15(11)9-14(13-6-7-13)10-16(18)19(3,4)5/h8-10,13,21H,2,6-7H2,1,3-5H3. The minimum absolute atomic E-state index is 0.0825. The van der Waals surface area contributed by atoms with Gasteiger partial charge in [0.05, 0.1) is 11.2 Å². The molecule has 1 aliphatic carbocycles. The third kappa shape index (κ3) is 2.74. The molecule has 1 nitrogen and oxygen atoms in total. The molecule has 0 unspecified atom stereocenters. The molecule has 110 valence electrons. The topological polar surface area (TPSA) is 12.9 Å². The minimum Gasteiger partial charge on any atom is -0.247 e. The Balaban J connectivity index is 2.36. The van der Waals surface area contributed by atoms with Crippen molar-refractivity contribution in [3.8, 4) is 0 Å². The SMILES string of the molecule is C=C(S)c1cc(C)c2cc(C3CC3)cc(C(C)(C)C)c2n1. The second-order valence-electron chi connectivity index (χ2n) is 7.26. The lowest BCUT2D eigenvalue weighted by molar-refractivity contribution is 0.593. The Labute approximate surface area is 132 Å². The number of aromatic nitrogens is 1. The van der Waals surface area contributed by atoms with Gasteiger partial charge in [-0.25, -0.2) is 4.98 Å². The van der Waals surface area contributed by atoms with Gasteiger partial charge in [-0.3, -0.25) is 0 Å². The van der Waals surface area contributed by atoms with Crippen LogP contribution < -0.4 is 0 Å². The maximum absolute atomic E-state index is 4.85. The van der Waals surface area contributed by atoms with Crippen LogP contribution in [0, 0.1) is 6.92 Å². The van der Waals surface area contributed by atoms with Crippen LogP contribution in [-0.2, 0) is 5.41 Å². The van der Waals surface area contributed by atoms with Gasteiger partial charge >= 0.3 is 0 Å². The van der Waals surface area contributed by atoms with Crippen LogP contribution in [0.3, 0.4) is 0 Å². The lowest BCUT2D eigenvalue weighted by Crippen LogP contribution is -2.13. The van der Waals surface area contributed by atoms with Gasteiger partial charge < -0.3 is 0 Å². The molecule has 2 heteroatoms. The smallest absolute Gasteiger partial charge is 0.0767 e. The molecular formula is C19H23NS. The Morgan fingerprint density at radius 2 is 1.90 bits per heavy atom. The Hall–Kier alpha value is -1.28. The summed E-state index contributed by atoms with van der Waals surface area (Å²) < 4.78 is 0. The van der Waals surface area contributed by atoms with Crippen molar-refractivity contribution < 1.29 is 0 Å². The number of hydrogen-bond acceptors (Lipinski definition) is 2. The van der Waals surface area contributed by atoms with Crippen molar-refractivity contribution in [2.45, 2.75) is 51.9 Å². The van der Waals surface area contributed by atoms with Gasteiger partial charge in [0.2, 0.25) is 0 Å². The zero-order valence-electron chi connectivity index (χ0n) is 13.3. The highest BCUT2D eigenvalue weighted by atomic mass is 32.1. The normalized spacial score (nSPS) is 15.5. The van der Waals surface area contributed by atoms with Crippen molar-refractivity contribution in [3.63, 3.8) is 0 Å². The summed E-state index contributed by atoms with van der Waals surface area (Å²) in [6, 6.07) is 6.81. The van der Waals surface area contributed by atoms with Gasteiger partial charge in [0.15, 0.2) is 0 Å². The molecule has 0 N–H and O–H groups in total. The molecule has 0 spiro atoms. The van der Waals surface area contributed by atoms with E-state index in [0.717, 1.165) is 22.0 Å². The Morgan fingerprint density at radius 1 is 1.24 bits per heavy atom. The minimum atomic E-state index is 0.0825. The largest absolute Gasteiger partial charge is 0.247 e. The molecule has 0 amide bonds. The van der Waals surface area contributed by atoms with Crippen molar-refractivity contribution in [1.29, 1.82) is 0 Å². The summed E-state index contributed by atoms with van der Waals surface area (Å²) in [5.41, 5.74) is 6.15. The molecule has 3 rings (SSSR count). The summed E-state index contributed by atoms with van der Waals surface area (Å²) in [6.07, 6.45) is 2.65. The summed E-state index contributed by atoms with van der Waals surface area (Å²) in [6.45, 7) is 12.9. The van der Waals surface area contributed by atoms with Gasteiger partial charge in [0.25, 0.3) is 0 Å². The molecule has 2 aromatic rings. The third-order valence-corrected chi connectivity index (χ3v) is 4.52. The zero-order valence-corrected chi connectivity index (χ0v) is 14.2. The van der Waals surface area contributed by atoms with Crippen LogP contribution in [0.2, 0.25) is 0 Å². The van der Waals surface area contributed by atoms with Crippen molar-refractivity contribution in [2.24, 2.45) is 0 Å². The number of nitrogens with zero attached hydrogens (tertiary/aromatic N) is 1. The Bertz CT molecular complexity index is 733. The second-order valence-corrected chi connectivity index (χ2v) is 7.80. The molecular weight excluding hydrogens is 274 g/mol. The molecule has 0 radical (unpaired) electrons. The van der Waals surface area contributed by atoms with Crippen LogP contribution in [0.5, 0.6) is 0 Å². The van der Waals surface area contributed by atoms with Gasteiger partial charge in [0.1, 0.15) is 0 Å². The third-order valence-electron chi connectivity index (χ3n) is 4.30. The first kappa shape index (κ1) is 14.6. The molecule has 1 aliphatic rings. The van der Waals surface area contributed by atoms with Gasteiger partial charge in [0, 0.05) is 10.3 Å². The molecule has 1 fully saturated rings. The number of fused-ring (bicyclic) bond motifs is 1. The van der Waals surface area contributed by atoms with Crippen molar-refractivity contribution >= 4 is 28.4 Å². The highest BCUT2D eigenvalue weighted by molar-refractivity contribution is 7.90. The molecule has 1 aromatic heterocycles. The molecule has 1 saturated carbocycles. The van der Waals surface area contributed by atoms with Crippen LogP contribution in [0.25, 0.3) is 15.8 Å². The van der Waals surface area contributed by atoms with E-state index in [9.17, 15) is 0 Å². The first-order chi connectivity index (χ1) is 9.77. The van der Waals surface area contributed by atoms with E-state index in [0.29, 0.717) is 0 Å². The average Bonchev–Trinajstić information content (AvgIpc) is 3.20. The summed E-state index contributed by atoms with van der Waals surface area (Å²) in [7, 11) is 0. The Kier molecular flexibility index (Phi) is 3.40. The van der Waals surface area contributed by atoms with Gasteiger partial charge in [-0.2, -0.15) is 0 Å². The molecule has 21 heavy (non-hydrogen) atoms. The molecule has 0 bridgehead atoms. The lowest BCUT2D eigenvalue weighted by Gasteiger charge is -2.23. The van der Waals surface area contributed by atoms with Gasteiger partial charge in [-0.1, -0.05) is 33.4 Å². The van der Waals surface area contributed by atoms with Crippen LogP contribution >= 0.6 is 12.6 Å². The highest BCUT2D eigenvalue weighted by Gasteiger charge is 2.27. The fourth-order valence-electron chi connectivity index (χ4n) is 2.89. The van der Waals surface area contributed by atoms with Crippen LogP contribution in [-0.4, -0.2) is 4.98 Å². The number of benzene rings is 1. The van der Waals surface area contributed by atoms with Gasteiger partial charge in [-0.15, -0.1) is 12.6 Å². The summed E-state index contributed by atoms with van der Waals surface area (Å²) in [5.74, 6) is 0.759. The monoisotopic (exact) mass is 297 g/mol. The molecule has 1 heterocycles. The quantitative estimate of drug-likeness (QED) is 0.710. The van der Waals surface area contributed by atoms with E-state index in [2.05, 4.69) is 65.1 Å². The maximum atomic E-state index is 4.85. The zero-order chi connectivity index (χ0) is 15.4. The molecule has 1 aromatic carbocycles. The summed E-state index contributed by atoms with van der Waals surface area (Å²) >= 11 is 4.37. The van der Waals surface area contributed by atoms with Crippen molar-refractivity contribution in [1.82, 2.24) is 4.98 Å². The fraction of sp³-hybridized carbons (Fsp3) is 0.421. The lowest BCUT2D eigenvalue weighted by atomic mass is 9.83. The first-order valence-electron chi connectivity index (χ1n) is 7.61.